The second kappa shape index (κ2) is 5.02. The van der Waals surface area contributed by atoms with E-state index in [4.69, 9.17) is 0 Å². The van der Waals surface area contributed by atoms with Crippen LogP contribution < -0.4 is 5.32 Å². The molecule has 1 aromatic heterocycles. The fourth-order valence-electron chi connectivity index (χ4n) is 2.84. The third-order valence-corrected chi connectivity index (χ3v) is 4.37. The fraction of sp³-hybridized carbons (Fsp3) is 0.500. The Labute approximate surface area is 120 Å². The number of aryl methyl sites for hydroxylation is 1. The van der Waals surface area contributed by atoms with Gasteiger partial charge in [0.1, 0.15) is 6.33 Å². The van der Waals surface area contributed by atoms with E-state index in [9.17, 15) is 0 Å². The van der Waals surface area contributed by atoms with E-state index in [2.05, 4.69) is 59.6 Å². The van der Waals surface area contributed by atoms with Gasteiger partial charge in [-0.3, -0.25) is 4.68 Å². The van der Waals surface area contributed by atoms with Crippen LogP contribution in [0.5, 0.6) is 0 Å². The highest BCUT2D eigenvalue weighted by Gasteiger charge is 2.50. The molecule has 3 rings (SSSR count). The van der Waals surface area contributed by atoms with Crippen LogP contribution in [0.2, 0.25) is 0 Å². The number of hydrogen-bond donors (Lipinski definition) is 1. The van der Waals surface area contributed by atoms with Crippen molar-refractivity contribution >= 4 is 0 Å². The molecule has 1 aliphatic carbocycles. The van der Waals surface area contributed by atoms with Crippen molar-refractivity contribution < 1.29 is 0 Å². The summed E-state index contributed by atoms with van der Waals surface area (Å²) in [4.78, 5) is 4.30. The predicted molar refractivity (Wildman–Crippen MR) is 79.3 cm³/mol. The molecular formula is C16H22N4. The van der Waals surface area contributed by atoms with Crippen molar-refractivity contribution in [3.05, 3.63) is 48.0 Å². The zero-order valence-electron chi connectivity index (χ0n) is 12.4. The first kappa shape index (κ1) is 13.3. The van der Waals surface area contributed by atoms with Gasteiger partial charge in [-0.05, 0) is 30.2 Å². The Balaban J connectivity index is 1.57. The molecular weight excluding hydrogens is 248 g/mol. The summed E-state index contributed by atoms with van der Waals surface area (Å²) in [6, 6.07) is 11.0. The molecule has 1 aliphatic rings. The fourth-order valence-corrected chi connectivity index (χ4v) is 2.84. The van der Waals surface area contributed by atoms with Crippen molar-refractivity contribution in [2.45, 2.75) is 32.2 Å². The van der Waals surface area contributed by atoms with Crippen molar-refractivity contribution in [3.63, 3.8) is 0 Å². The van der Waals surface area contributed by atoms with Gasteiger partial charge in [-0.2, -0.15) is 5.10 Å². The lowest BCUT2D eigenvalue weighted by Crippen LogP contribution is -2.27. The first-order valence-corrected chi connectivity index (χ1v) is 7.22. The minimum Gasteiger partial charge on any atom is -0.307 e. The summed E-state index contributed by atoms with van der Waals surface area (Å²) in [5, 5.41) is 7.93. The Morgan fingerprint density at radius 3 is 2.80 bits per heavy atom. The summed E-state index contributed by atoms with van der Waals surface area (Å²) in [5.74, 6) is 1.55. The molecule has 20 heavy (non-hydrogen) atoms. The van der Waals surface area contributed by atoms with Gasteiger partial charge in [0, 0.05) is 13.6 Å². The molecule has 1 aromatic carbocycles. The minimum atomic E-state index is 0.199. The smallest absolute Gasteiger partial charge is 0.167 e. The molecule has 0 spiro atoms. The average Bonchev–Trinajstić information content (AvgIpc) is 2.94. The highest BCUT2D eigenvalue weighted by atomic mass is 15.3. The van der Waals surface area contributed by atoms with E-state index in [-0.39, 0.29) is 6.04 Å². The number of benzene rings is 1. The zero-order valence-corrected chi connectivity index (χ0v) is 12.4. The molecule has 1 fully saturated rings. The first-order valence-electron chi connectivity index (χ1n) is 7.22. The van der Waals surface area contributed by atoms with Crippen LogP contribution in [0, 0.1) is 5.41 Å². The van der Waals surface area contributed by atoms with Gasteiger partial charge in [-0.25, -0.2) is 4.98 Å². The Morgan fingerprint density at radius 2 is 2.15 bits per heavy atom. The number of aromatic nitrogens is 3. The number of nitrogens with one attached hydrogen (secondary N) is 1. The van der Waals surface area contributed by atoms with Crippen molar-refractivity contribution in [3.8, 4) is 0 Å². The third-order valence-electron chi connectivity index (χ3n) is 4.37. The molecule has 1 N–H and O–H groups in total. The molecule has 4 heteroatoms. The van der Waals surface area contributed by atoms with Crippen LogP contribution in [0.25, 0.3) is 0 Å². The maximum absolute atomic E-state index is 4.35. The quantitative estimate of drug-likeness (QED) is 0.908. The van der Waals surface area contributed by atoms with Gasteiger partial charge < -0.3 is 5.32 Å². The molecule has 0 aliphatic heterocycles. The van der Waals surface area contributed by atoms with Crippen LogP contribution in [0.3, 0.4) is 0 Å². The molecule has 3 atom stereocenters. The predicted octanol–water partition coefficient (Wildman–Crippen LogP) is 2.66. The van der Waals surface area contributed by atoms with E-state index < -0.39 is 0 Å². The van der Waals surface area contributed by atoms with Crippen molar-refractivity contribution in [2.75, 3.05) is 6.54 Å². The Morgan fingerprint density at radius 1 is 1.40 bits per heavy atom. The van der Waals surface area contributed by atoms with Gasteiger partial charge in [0.25, 0.3) is 0 Å². The summed E-state index contributed by atoms with van der Waals surface area (Å²) >= 11 is 0. The van der Waals surface area contributed by atoms with Gasteiger partial charge in [0.2, 0.25) is 0 Å². The van der Waals surface area contributed by atoms with Gasteiger partial charge in [0.15, 0.2) is 5.82 Å². The van der Waals surface area contributed by atoms with Crippen LogP contribution in [-0.2, 0) is 7.05 Å². The highest BCUT2D eigenvalue weighted by Crippen LogP contribution is 2.58. The van der Waals surface area contributed by atoms with E-state index >= 15 is 0 Å². The largest absolute Gasteiger partial charge is 0.307 e. The molecule has 0 saturated heterocycles. The molecule has 106 valence electrons. The monoisotopic (exact) mass is 270 g/mol. The van der Waals surface area contributed by atoms with E-state index in [1.807, 2.05) is 7.05 Å². The van der Waals surface area contributed by atoms with Crippen molar-refractivity contribution in [2.24, 2.45) is 12.5 Å². The normalized spacial score (nSPS) is 26.4. The van der Waals surface area contributed by atoms with E-state index in [1.54, 1.807) is 11.0 Å². The second-order valence-electron chi connectivity index (χ2n) is 6.20. The number of rotatable bonds is 5. The number of hydrogen-bond acceptors (Lipinski definition) is 3. The lowest BCUT2D eigenvalue weighted by molar-refractivity contribution is 0.435. The van der Waals surface area contributed by atoms with Crippen LogP contribution in [0.15, 0.2) is 36.7 Å². The van der Waals surface area contributed by atoms with Gasteiger partial charge in [0.05, 0.1) is 6.04 Å². The molecule has 0 radical (unpaired) electrons. The lowest BCUT2D eigenvalue weighted by Gasteiger charge is -2.16. The van der Waals surface area contributed by atoms with Crippen LogP contribution in [-0.4, -0.2) is 21.3 Å². The van der Waals surface area contributed by atoms with Crippen LogP contribution >= 0.6 is 0 Å². The Bertz CT molecular complexity index is 577. The van der Waals surface area contributed by atoms with Crippen LogP contribution in [0.1, 0.15) is 43.6 Å². The summed E-state index contributed by atoms with van der Waals surface area (Å²) < 4.78 is 1.75. The zero-order chi connectivity index (χ0) is 14.2. The molecule has 4 nitrogen and oxygen atoms in total. The molecule has 0 bridgehead atoms. The minimum absolute atomic E-state index is 0.199. The standard InChI is InChI=1S/C16H22N4/c1-12(15-18-11-20(3)19-15)17-10-16(2)9-14(16)13-7-5-4-6-8-13/h4-8,11-12,14,17H,9-10H2,1-3H3/t12?,14-,16-/m1/s1. The number of nitrogens with zero attached hydrogens (tertiary/aromatic N) is 3. The van der Waals surface area contributed by atoms with E-state index in [0.717, 1.165) is 12.4 Å². The van der Waals surface area contributed by atoms with E-state index in [1.165, 1.54) is 12.0 Å². The SMILES string of the molecule is CC(NC[C@@]1(C)C[C@@H]1c1ccccc1)c1ncn(C)n1. The Kier molecular flexibility index (Phi) is 3.34. The van der Waals surface area contributed by atoms with Crippen molar-refractivity contribution in [1.82, 2.24) is 20.1 Å². The first-order chi connectivity index (χ1) is 9.58. The van der Waals surface area contributed by atoms with Gasteiger partial charge in [-0.1, -0.05) is 37.3 Å². The third kappa shape index (κ3) is 2.61. The summed E-state index contributed by atoms with van der Waals surface area (Å²) in [6.45, 7) is 5.49. The lowest BCUT2D eigenvalue weighted by atomic mass is 10.0. The maximum atomic E-state index is 4.35. The average molecular weight is 270 g/mol. The second-order valence-corrected chi connectivity index (χ2v) is 6.20. The molecule has 1 unspecified atom stereocenters. The summed E-state index contributed by atoms with van der Waals surface area (Å²) in [7, 11) is 1.90. The summed E-state index contributed by atoms with van der Waals surface area (Å²) in [6.07, 6.45) is 3.01. The van der Waals surface area contributed by atoms with Crippen molar-refractivity contribution in [1.29, 1.82) is 0 Å². The molecule has 1 heterocycles. The molecule has 1 saturated carbocycles. The topological polar surface area (TPSA) is 42.7 Å². The highest BCUT2D eigenvalue weighted by molar-refractivity contribution is 5.29. The van der Waals surface area contributed by atoms with Gasteiger partial charge >= 0.3 is 0 Å². The van der Waals surface area contributed by atoms with Crippen LogP contribution in [0.4, 0.5) is 0 Å². The summed E-state index contributed by atoms with van der Waals surface area (Å²) in [5.41, 5.74) is 1.82. The maximum Gasteiger partial charge on any atom is 0.167 e. The molecule has 2 aromatic rings. The van der Waals surface area contributed by atoms with Gasteiger partial charge in [-0.15, -0.1) is 0 Å². The Hall–Kier alpha value is -1.68. The molecule has 0 amide bonds. The van der Waals surface area contributed by atoms with E-state index in [0.29, 0.717) is 11.3 Å².